The summed E-state index contributed by atoms with van der Waals surface area (Å²) in [5, 5.41) is 17.6. The maximum Gasteiger partial charge on any atom is 0.320 e. The molecule has 0 aliphatic rings. The standard InChI is InChI=1S/C17H16N2O3/c18-10-13-2-1-3-14(8-13)11-22-15-6-4-12(5-7-15)9-16(19)17(20)21/h1-8,16H,9,11,19H2,(H,20,21)/t16-/m0/s1. The first kappa shape index (κ1) is 15.5. The summed E-state index contributed by atoms with van der Waals surface area (Å²) < 4.78 is 5.64. The molecular formula is C17H16N2O3. The van der Waals surface area contributed by atoms with E-state index in [0.717, 1.165) is 11.1 Å². The number of hydrogen-bond acceptors (Lipinski definition) is 4. The first-order valence-electron chi connectivity index (χ1n) is 6.77. The minimum absolute atomic E-state index is 0.278. The SMILES string of the molecule is N#Cc1cccc(COc2ccc(C[C@H](N)C(=O)O)cc2)c1. The summed E-state index contributed by atoms with van der Waals surface area (Å²) in [7, 11) is 0. The molecule has 0 unspecified atom stereocenters. The molecule has 5 heteroatoms. The summed E-state index contributed by atoms with van der Waals surface area (Å²) in [4.78, 5) is 10.7. The van der Waals surface area contributed by atoms with Crippen LogP contribution in [0.5, 0.6) is 5.75 Å². The summed E-state index contributed by atoms with van der Waals surface area (Å²) in [5.74, 6) is -0.340. The normalized spacial score (nSPS) is 11.5. The van der Waals surface area contributed by atoms with Gasteiger partial charge in [-0.05, 0) is 41.8 Å². The number of nitrogens with zero attached hydrogens (tertiary/aromatic N) is 1. The lowest BCUT2D eigenvalue weighted by Crippen LogP contribution is -2.32. The van der Waals surface area contributed by atoms with Crippen LogP contribution in [0.4, 0.5) is 0 Å². The highest BCUT2D eigenvalue weighted by atomic mass is 16.5. The number of benzene rings is 2. The number of aliphatic carboxylic acids is 1. The van der Waals surface area contributed by atoms with Crippen molar-refractivity contribution in [3.05, 3.63) is 65.2 Å². The van der Waals surface area contributed by atoms with Gasteiger partial charge in [0, 0.05) is 0 Å². The molecule has 0 fully saturated rings. The lowest BCUT2D eigenvalue weighted by molar-refractivity contribution is -0.138. The number of ether oxygens (including phenoxy) is 1. The van der Waals surface area contributed by atoms with Crippen molar-refractivity contribution in [1.82, 2.24) is 0 Å². The fraction of sp³-hybridized carbons (Fsp3) is 0.176. The molecule has 0 saturated heterocycles. The Morgan fingerprint density at radius 1 is 1.23 bits per heavy atom. The summed E-state index contributed by atoms with van der Waals surface area (Å²) in [6, 6.07) is 15.5. The van der Waals surface area contributed by atoms with Crippen molar-refractivity contribution in [2.45, 2.75) is 19.1 Å². The summed E-state index contributed by atoms with van der Waals surface area (Å²) in [6.45, 7) is 0.365. The Balaban J connectivity index is 1.94. The van der Waals surface area contributed by atoms with Gasteiger partial charge in [-0.3, -0.25) is 4.79 Å². The van der Waals surface area contributed by atoms with E-state index < -0.39 is 12.0 Å². The van der Waals surface area contributed by atoms with E-state index in [1.54, 1.807) is 36.4 Å². The molecule has 2 rings (SSSR count). The van der Waals surface area contributed by atoms with E-state index in [9.17, 15) is 4.79 Å². The van der Waals surface area contributed by atoms with Gasteiger partial charge in [0.1, 0.15) is 18.4 Å². The zero-order chi connectivity index (χ0) is 15.9. The molecule has 0 aromatic heterocycles. The van der Waals surface area contributed by atoms with E-state index in [0.29, 0.717) is 17.9 Å². The van der Waals surface area contributed by atoms with Crippen molar-refractivity contribution in [2.24, 2.45) is 5.73 Å². The van der Waals surface area contributed by atoms with Crippen molar-refractivity contribution in [2.75, 3.05) is 0 Å². The summed E-state index contributed by atoms with van der Waals surface area (Å²) in [5.41, 5.74) is 7.84. The van der Waals surface area contributed by atoms with E-state index in [1.807, 2.05) is 12.1 Å². The number of nitriles is 1. The third-order valence-corrected chi connectivity index (χ3v) is 3.16. The van der Waals surface area contributed by atoms with E-state index in [1.165, 1.54) is 0 Å². The largest absolute Gasteiger partial charge is 0.489 e. The molecule has 112 valence electrons. The molecule has 5 nitrogen and oxygen atoms in total. The molecule has 2 aromatic rings. The van der Waals surface area contributed by atoms with Gasteiger partial charge in [0.05, 0.1) is 11.6 Å². The number of carboxylic acid groups (broad SMARTS) is 1. The van der Waals surface area contributed by atoms with Gasteiger partial charge in [-0.2, -0.15) is 5.26 Å². The highest BCUT2D eigenvalue weighted by Gasteiger charge is 2.11. The monoisotopic (exact) mass is 296 g/mol. The van der Waals surface area contributed by atoms with Crippen LogP contribution in [0.25, 0.3) is 0 Å². The Hall–Kier alpha value is -2.84. The topological polar surface area (TPSA) is 96.3 Å². The van der Waals surface area contributed by atoms with Gasteiger partial charge in [-0.1, -0.05) is 24.3 Å². The van der Waals surface area contributed by atoms with Gasteiger partial charge in [0.15, 0.2) is 0 Å². The molecule has 0 saturated carbocycles. The smallest absolute Gasteiger partial charge is 0.320 e. The van der Waals surface area contributed by atoms with Gasteiger partial charge in [0.2, 0.25) is 0 Å². The van der Waals surface area contributed by atoms with Crippen molar-refractivity contribution in [3.8, 4) is 11.8 Å². The number of carbonyl (C=O) groups is 1. The van der Waals surface area contributed by atoms with Crippen LogP contribution >= 0.6 is 0 Å². The second-order valence-corrected chi connectivity index (χ2v) is 4.89. The van der Waals surface area contributed by atoms with Gasteiger partial charge in [-0.15, -0.1) is 0 Å². The molecule has 0 bridgehead atoms. The lowest BCUT2D eigenvalue weighted by Gasteiger charge is -2.09. The van der Waals surface area contributed by atoms with Crippen molar-refractivity contribution in [3.63, 3.8) is 0 Å². The van der Waals surface area contributed by atoms with E-state index >= 15 is 0 Å². The number of carboxylic acids is 1. The molecule has 0 aliphatic carbocycles. The van der Waals surface area contributed by atoms with Gasteiger partial charge in [-0.25, -0.2) is 0 Å². The number of hydrogen-bond donors (Lipinski definition) is 2. The number of rotatable bonds is 6. The van der Waals surface area contributed by atoms with Gasteiger partial charge in [0.25, 0.3) is 0 Å². The Morgan fingerprint density at radius 2 is 1.95 bits per heavy atom. The van der Waals surface area contributed by atoms with Crippen molar-refractivity contribution >= 4 is 5.97 Å². The fourth-order valence-corrected chi connectivity index (χ4v) is 1.96. The highest BCUT2D eigenvalue weighted by molar-refractivity contribution is 5.73. The molecule has 22 heavy (non-hydrogen) atoms. The average Bonchev–Trinajstić information content (AvgIpc) is 2.54. The maximum atomic E-state index is 10.7. The predicted octanol–water partition coefficient (Wildman–Crippen LogP) is 2.09. The zero-order valence-electron chi connectivity index (χ0n) is 11.9. The predicted molar refractivity (Wildman–Crippen MR) is 81.2 cm³/mol. The summed E-state index contributed by atoms with van der Waals surface area (Å²) in [6.07, 6.45) is 0.278. The fourth-order valence-electron chi connectivity index (χ4n) is 1.96. The van der Waals surface area contributed by atoms with Crippen molar-refractivity contribution in [1.29, 1.82) is 5.26 Å². The van der Waals surface area contributed by atoms with E-state index in [4.69, 9.17) is 20.8 Å². The second kappa shape index (κ2) is 7.25. The zero-order valence-corrected chi connectivity index (χ0v) is 11.9. The van der Waals surface area contributed by atoms with Crippen LogP contribution in [-0.4, -0.2) is 17.1 Å². The molecule has 0 spiro atoms. The Bertz CT molecular complexity index is 690. The Labute approximate surface area is 128 Å². The minimum Gasteiger partial charge on any atom is -0.489 e. The molecule has 3 N–H and O–H groups in total. The molecule has 2 aromatic carbocycles. The first-order chi connectivity index (χ1) is 10.6. The molecule has 0 radical (unpaired) electrons. The minimum atomic E-state index is -1.02. The van der Waals surface area contributed by atoms with Crippen LogP contribution in [-0.2, 0) is 17.8 Å². The van der Waals surface area contributed by atoms with Crippen LogP contribution in [0.1, 0.15) is 16.7 Å². The molecule has 1 atom stereocenters. The van der Waals surface area contributed by atoms with Crippen LogP contribution in [0.15, 0.2) is 48.5 Å². The lowest BCUT2D eigenvalue weighted by atomic mass is 10.1. The summed E-state index contributed by atoms with van der Waals surface area (Å²) >= 11 is 0. The number of nitrogens with two attached hydrogens (primary N) is 1. The van der Waals surface area contributed by atoms with Gasteiger partial charge >= 0.3 is 5.97 Å². The van der Waals surface area contributed by atoms with E-state index in [2.05, 4.69) is 6.07 Å². The van der Waals surface area contributed by atoms with Crippen LogP contribution in [0.3, 0.4) is 0 Å². The maximum absolute atomic E-state index is 10.7. The van der Waals surface area contributed by atoms with Crippen LogP contribution in [0.2, 0.25) is 0 Å². The van der Waals surface area contributed by atoms with Crippen LogP contribution < -0.4 is 10.5 Å². The molecule has 0 amide bonds. The quantitative estimate of drug-likeness (QED) is 0.850. The highest BCUT2D eigenvalue weighted by Crippen LogP contribution is 2.15. The van der Waals surface area contributed by atoms with Crippen molar-refractivity contribution < 1.29 is 14.6 Å². The first-order valence-corrected chi connectivity index (χ1v) is 6.77. The Morgan fingerprint density at radius 3 is 2.59 bits per heavy atom. The Kier molecular flexibility index (Phi) is 5.12. The second-order valence-electron chi connectivity index (χ2n) is 4.89. The third kappa shape index (κ3) is 4.33. The average molecular weight is 296 g/mol. The molecule has 0 heterocycles. The third-order valence-electron chi connectivity index (χ3n) is 3.16. The molecular weight excluding hydrogens is 280 g/mol. The van der Waals surface area contributed by atoms with Gasteiger partial charge < -0.3 is 15.6 Å². The molecule has 0 aliphatic heterocycles. The van der Waals surface area contributed by atoms with E-state index in [-0.39, 0.29) is 6.42 Å². The van der Waals surface area contributed by atoms with Crippen LogP contribution in [0, 0.1) is 11.3 Å².